The molecule has 0 aliphatic heterocycles. The third kappa shape index (κ3) is 4.31. The predicted molar refractivity (Wildman–Crippen MR) is 137 cm³/mol. The molecule has 1 heterocycles. The van der Waals surface area contributed by atoms with Crippen LogP contribution in [0.3, 0.4) is 0 Å². The summed E-state index contributed by atoms with van der Waals surface area (Å²) in [4.78, 5) is 39.4. The van der Waals surface area contributed by atoms with Gasteiger partial charge in [0.1, 0.15) is 11.6 Å². The molecule has 5 rings (SSSR count). The first-order chi connectivity index (χ1) is 16.5. The van der Waals surface area contributed by atoms with Gasteiger partial charge in [-0.15, -0.1) is 11.3 Å². The van der Waals surface area contributed by atoms with E-state index in [4.69, 9.17) is 11.6 Å². The van der Waals surface area contributed by atoms with Crippen LogP contribution in [0.1, 0.15) is 89.5 Å². The molecule has 4 aliphatic carbocycles. The molecule has 0 radical (unpaired) electrons. The first kappa shape index (κ1) is 25.4. The normalized spacial score (nSPS) is 40.4. The molecule has 2 N–H and O–H groups in total. The van der Waals surface area contributed by atoms with Gasteiger partial charge in [0.25, 0.3) is 0 Å². The van der Waals surface area contributed by atoms with Crippen LogP contribution < -0.4 is 5.32 Å². The van der Waals surface area contributed by atoms with Crippen LogP contribution in [0.2, 0.25) is 4.34 Å². The Kier molecular flexibility index (Phi) is 6.72. The molecule has 1 aromatic heterocycles. The maximum absolute atomic E-state index is 13.5. The number of amides is 1. The quantitative estimate of drug-likeness (QED) is 0.519. The SMILES string of the molecule is CC(NC(=O)C[C@@H](O)[C@H]1CC[C@H]2[C@@H]3C(=O)C[C@@H]4CC(=O)CC[C@]4(C)[C@H]3CC[C@]12C)c1ccc(Cl)s1. The first-order valence-corrected chi connectivity index (χ1v) is 14.5. The molecule has 5 nitrogen and oxygen atoms in total. The number of Topliss-reactive ketones (excluding diaryl/α,β-unsaturated/α-hetero) is 2. The number of hydrogen-bond acceptors (Lipinski definition) is 5. The summed E-state index contributed by atoms with van der Waals surface area (Å²) in [6.07, 6.45) is 5.81. The standard InChI is InChI=1S/C28H38ClNO4S/c1-15(23-6-7-24(29)35-23)30-25(34)14-21(32)18-4-5-19-26-20(9-11-28(18,19)3)27(2)10-8-17(31)12-16(27)13-22(26)33/h6-7,15-16,18-21,26,32H,4-5,8-14H2,1-3H3,(H,30,34)/t15?,16-,18+,19-,20-,21+,26-,27-,28+/m0/s1. The van der Waals surface area contributed by atoms with E-state index in [0.29, 0.717) is 41.1 Å². The highest BCUT2D eigenvalue weighted by Crippen LogP contribution is 2.66. The minimum atomic E-state index is -0.713. The highest BCUT2D eigenvalue weighted by atomic mass is 35.5. The monoisotopic (exact) mass is 519 g/mol. The van der Waals surface area contributed by atoms with E-state index in [9.17, 15) is 19.5 Å². The predicted octanol–water partition coefficient (Wildman–Crippen LogP) is 5.74. The highest BCUT2D eigenvalue weighted by Gasteiger charge is 2.63. The number of carbonyl (C=O) groups excluding carboxylic acids is 3. The van der Waals surface area contributed by atoms with E-state index in [-0.39, 0.29) is 52.9 Å². The van der Waals surface area contributed by atoms with Gasteiger partial charge in [-0.05, 0) is 85.7 Å². The van der Waals surface area contributed by atoms with E-state index < -0.39 is 6.10 Å². The Morgan fingerprint density at radius 2 is 1.89 bits per heavy atom. The van der Waals surface area contributed by atoms with Crippen LogP contribution in [-0.4, -0.2) is 28.7 Å². The maximum Gasteiger partial charge on any atom is 0.223 e. The van der Waals surface area contributed by atoms with Crippen molar-refractivity contribution in [1.29, 1.82) is 0 Å². The van der Waals surface area contributed by atoms with Crippen molar-refractivity contribution in [2.24, 2.45) is 40.4 Å². The van der Waals surface area contributed by atoms with E-state index in [1.165, 1.54) is 11.3 Å². The molecule has 1 unspecified atom stereocenters. The lowest BCUT2D eigenvalue weighted by atomic mass is 9.44. The van der Waals surface area contributed by atoms with Crippen molar-refractivity contribution >= 4 is 40.4 Å². The van der Waals surface area contributed by atoms with Crippen molar-refractivity contribution in [2.45, 2.75) is 90.7 Å². The highest BCUT2D eigenvalue weighted by molar-refractivity contribution is 7.16. The number of fused-ring (bicyclic) bond motifs is 5. The fraction of sp³-hybridized carbons (Fsp3) is 0.750. The van der Waals surface area contributed by atoms with Gasteiger partial charge < -0.3 is 10.4 Å². The number of ketones is 2. The number of rotatable bonds is 5. The second kappa shape index (κ2) is 9.25. The minimum absolute atomic E-state index is 0.0250. The van der Waals surface area contributed by atoms with E-state index >= 15 is 0 Å². The Hall–Kier alpha value is -1.24. The van der Waals surface area contributed by atoms with E-state index in [1.54, 1.807) is 0 Å². The molecule has 7 heteroatoms. The van der Waals surface area contributed by atoms with Crippen molar-refractivity contribution < 1.29 is 19.5 Å². The zero-order chi connectivity index (χ0) is 25.1. The number of aliphatic hydroxyl groups excluding tert-OH is 1. The van der Waals surface area contributed by atoms with Crippen LogP contribution >= 0.6 is 22.9 Å². The topological polar surface area (TPSA) is 83.5 Å². The van der Waals surface area contributed by atoms with E-state index in [0.717, 1.165) is 37.0 Å². The molecule has 1 amide bonds. The Balaban J connectivity index is 1.27. The summed E-state index contributed by atoms with van der Waals surface area (Å²) < 4.78 is 0.693. The molecule has 0 spiro atoms. The zero-order valence-electron chi connectivity index (χ0n) is 21.0. The fourth-order valence-electron chi connectivity index (χ4n) is 8.66. The average molecular weight is 520 g/mol. The van der Waals surface area contributed by atoms with Gasteiger partial charge in [-0.3, -0.25) is 14.4 Å². The second-order valence-electron chi connectivity index (χ2n) is 12.3. The average Bonchev–Trinajstić information content (AvgIpc) is 3.38. The Morgan fingerprint density at radius 3 is 2.60 bits per heavy atom. The molecule has 9 atom stereocenters. The third-order valence-corrected chi connectivity index (χ3v) is 12.0. The maximum atomic E-state index is 13.5. The summed E-state index contributed by atoms with van der Waals surface area (Å²) >= 11 is 7.48. The molecule has 35 heavy (non-hydrogen) atoms. The van der Waals surface area contributed by atoms with E-state index in [1.807, 2.05) is 19.1 Å². The number of halogens is 1. The van der Waals surface area contributed by atoms with Crippen LogP contribution in [0.15, 0.2) is 12.1 Å². The minimum Gasteiger partial charge on any atom is -0.392 e. The number of hydrogen-bond donors (Lipinski definition) is 2. The van der Waals surface area contributed by atoms with Gasteiger partial charge in [0.05, 0.1) is 22.9 Å². The van der Waals surface area contributed by atoms with Gasteiger partial charge in [-0.1, -0.05) is 25.4 Å². The van der Waals surface area contributed by atoms with Crippen LogP contribution in [0.5, 0.6) is 0 Å². The molecule has 0 saturated heterocycles. The molecule has 4 fully saturated rings. The first-order valence-electron chi connectivity index (χ1n) is 13.3. The van der Waals surface area contributed by atoms with Crippen molar-refractivity contribution in [3.63, 3.8) is 0 Å². The van der Waals surface area contributed by atoms with Gasteiger partial charge >= 0.3 is 0 Å². The summed E-state index contributed by atoms with van der Waals surface area (Å²) in [6.45, 7) is 6.53. The van der Waals surface area contributed by atoms with Crippen molar-refractivity contribution in [3.8, 4) is 0 Å². The van der Waals surface area contributed by atoms with Crippen molar-refractivity contribution in [3.05, 3.63) is 21.3 Å². The molecule has 1 aromatic rings. The zero-order valence-corrected chi connectivity index (χ0v) is 22.6. The Labute approximate surface area is 217 Å². The number of aliphatic hydroxyl groups is 1. The van der Waals surface area contributed by atoms with Gasteiger partial charge in [-0.25, -0.2) is 0 Å². The van der Waals surface area contributed by atoms with Gasteiger partial charge in [0.2, 0.25) is 5.91 Å². The van der Waals surface area contributed by atoms with Crippen LogP contribution in [-0.2, 0) is 14.4 Å². The second-order valence-corrected chi connectivity index (χ2v) is 14.0. The summed E-state index contributed by atoms with van der Waals surface area (Å²) in [5, 5.41) is 14.3. The van der Waals surface area contributed by atoms with Gasteiger partial charge in [-0.2, -0.15) is 0 Å². The fourth-order valence-corrected chi connectivity index (χ4v) is 9.72. The molecular weight excluding hydrogens is 482 g/mol. The summed E-state index contributed by atoms with van der Waals surface area (Å²) in [7, 11) is 0. The van der Waals surface area contributed by atoms with Crippen LogP contribution in [0, 0.1) is 40.4 Å². The lowest BCUT2D eigenvalue weighted by molar-refractivity contribution is -0.160. The van der Waals surface area contributed by atoms with Crippen LogP contribution in [0.4, 0.5) is 0 Å². The number of carbonyl (C=O) groups is 3. The summed E-state index contributed by atoms with van der Waals surface area (Å²) in [5.41, 5.74) is -0.0532. The molecular formula is C28H38ClNO4S. The number of thiophene rings is 1. The Morgan fingerprint density at radius 1 is 1.14 bits per heavy atom. The molecule has 192 valence electrons. The van der Waals surface area contributed by atoms with Crippen molar-refractivity contribution in [1.82, 2.24) is 5.32 Å². The van der Waals surface area contributed by atoms with Gasteiger partial charge in [0.15, 0.2) is 0 Å². The van der Waals surface area contributed by atoms with Crippen molar-refractivity contribution in [2.75, 3.05) is 0 Å². The van der Waals surface area contributed by atoms with E-state index in [2.05, 4.69) is 19.2 Å². The lowest BCUT2D eigenvalue weighted by Crippen LogP contribution is -2.57. The third-order valence-electron chi connectivity index (χ3n) is 10.6. The Bertz CT molecular complexity index is 1020. The van der Waals surface area contributed by atoms with Gasteiger partial charge in [0, 0.05) is 30.1 Å². The van der Waals surface area contributed by atoms with Crippen LogP contribution in [0.25, 0.3) is 0 Å². The molecule has 4 aliphatic rings. The largest absolute Gasteiger partial charge is 0.392 e. The smallest absolute Gasteiger partial charge is 0.223 e. The number of nitrogens with one attached hydrogen (secondary N) is 1. The summed E-state index contributed by atoms with van der Waals surface area (Å²) in [6, 6.07) is 3.60. The summed E-state index contributed by atoms with van der Waals surface area (Å²) in [5.74, 6) is 1.39. The molecule has 4 saturated carbocycles. The molecule has 0 bridgehead atoms. The lowest BCUT2D eigenvalue weighted by Gasteiger charge is -2.59. The molecule has 0 aromatic carbocycles.